The molecular formula is C25H28N6O2. The number of nitrogens with two attached hydrogens (primary N) is 1. The van der Waals surface area contributed by atoms with Gasteiger partial charge in [-0.05, 0) is 43.1 Å². The molecule has 0 bridgehead atoms. The lowest BCUT2D eigenvalue weighted by Crippen LogP contribution is -2.37. The summed E-state index contributed by atoms with van der Waals surface area (Å²) in [6.07, 6.45) is 7.31. The molecule has 0 spiro atoms. The van der Waals surface area contributed by atoms with Crippen molar-refractivity contribution >= 4 is 17.3 Å². The third kappa shape index (κ3) is 4.44. The van der Waals surface area contributed by atoms with Crippen LogP contribution in [0.4, 0.5) is 11.5 Å². The number of nitrogen functional groups attached to an aromatic ring is 1. The summed E-state index contributed by atoms with van der Waals surface area (Å²) < 4.78 is 5.46. The second kappa shape index (κ2) is 9.25. The Morgan fingerprint density at radius 3 is 2.82 bits per heavy atom. The average Bonchev–Trinajstić information content (AvgIpc) is 3.28. The molecule has 8 nitrogen and oxygen atoms in total. The van der Waals surface area contributed by atoms with Crippen LogP contribution in [-0.2, 0) is 24.0 Å². The van der Waals surface area contributed by atoms with Crippen molar-refractivity contribution in [2.75, 3.05) is 44.0 Å². The molecule has 1 aromatic carbocycles. The number of ether oxygens (including phenoxy) is 1. The van der Waals surface area contributed by atoms with Crippen LogP contribution in [0.5, 0.6) is 0 Å². The van der Waals surface area contributed by atoms with Gasteiger partial charge >= 0.3 is 0 Å². The Hall–Kier alpha value is -3.36. The van der Waals surface area contributed by atoms with E-state index in [1.807, 2.05) is 19.2 Å². The minimum absolute atomic E-state index is 0.150. The van der Waals surface area contributed by atoms with Gasteiger partial charge in [-0.25, -0.2) is 9.97 Å². The second-order valence-corrected chi connectivity index (χ2v) is 8.57. The van der Waals surface area contributed by atoms with Crippen molar-refractivity contribution in [3.8, 4) is 11.3 Å². The van der Waals surface area contributed by atoms with Crippen LogP contribution in [0.3, 0.4) is 0 Å². The summed E-state index contributed by atoms with van der Waals surface area (Å²) in [7, 11) is 1.99. The number of benzene rings is 1. The number of hydrogen-bond acceptors (Lipinski definition) is 8. The summed E-state index contributed by atoms with van der Waals surface area (Å²) >= 11 is 0. The molecule has 2 aromatic heterocycles. The summed E-state index contributed by atoms with van der Waals surface area (Å²) in [5, 5.41) is 3.35. The molecule has 5 rings (SSSR count). The van der Waals surface area contributed by atoms with Crippen molar-refractivity contribution in [2.24, 2.45) is 0 Å². The van der Waals surface area contributed by atoms with E-state index in [0.717, 1.165) is 42.7 Å². The highest BCUT2D eigenvalue weighted by molar-refractivity contribution is 6.00. The molecule has 8 heteroatoms. The highest BCUT2D eigenvalue weighted by Gasteiger charge is 2.22. The molecule has 1 aliphatic carbocycles. The van der Waals surface area contributed by atoms with E-state index in [-0.39, 0.29) is 23.7 Å². The fraction of sp³-hybridized carbons (Fsp3) is 0.360. The third-order valence-electron chi connectivity index (χ3n) is 6.49. The van der Waals surface area contributed by atoms with Gasteiger partial charge in [-0.2, -0.15) is 0 Å². The van der Waals surface area contributed by atoms with E-state index in [4.69, 9.17) is 10.5 Å². The summed E-state index contributed by atoms with van der Waals surface area (Å²) in [6.45, 7) is 2.92. The lowest BCUT2D eigenvalue weighted by atomic mass is 10.0. The van der Waals surface area contributed by atoms with Gasteiger partial charge < -0.3 is 20.7 Å². The van der Waals surface area contributed by atoms with Gasteiger partial charge in [0.1, 0.15) is 5.69 Å². The molecule has 3 heterocycles. The van der Waals surface area contributed by atoms with Crippen LogP contribution in [-0.4, -0.2) is 60.1 Å². The van der Waals surface area contributed by atoms with Crippen molar-refractivity contribution in [1.82, 2.24) is 20.3 Å². The Morgan fingerprint density at radius 1 is 1.18 bits per heavy atom. The lowest BCUT2D eigenvalue weighted by molar-refractivity contribution is 0.0988. The van der Waals surface area contributed by atoms with Gasteiger partial charge in [0, 0.05) is 54.8 Å². The third-order valence-corrected chi connectivity index (χ3v) is 6.49. The Labute approximate surface area is 193 Å². The SMILES string of the molecule is CNC1Cc2ccc(-c3cnc(N)c(C(=O)Cc4cnccc4N4CCOCC4)n3)cc2C1. The molecule has 170 valence electrons. The number of hydrogen-bond donors (Lipinski definition) is 2. The minimum Gasteiger partial charge on any atom is -0.382 e. The van der Waals surface area contributed by atoms with E-state index in [1.54, 1.807) is 18.6 Å². The predicted molar refractivity (Wildman–Crippen MR) is 127 cm³/mol. The van der Waals surface area contributed by atoms with Crippen LogP contribution in [0.2, 0.25) is 0 Å². The van der Waals surface area contributed by atoms with E-state index in [1.165, 1.54) is 11.1 Å². The monoisotopic (exact) mass is 444 g/mol. The van der Waals surface area contributed by atoms with Gasteiger partial charge in [0.25, 0.3) is 0 Å². The number of morpholine rings is 1. The first kappa shape index (κ1) is 21.5. The number of carbonyl (C=O) groups is 1. The van der Waals surface area contributed by atoms with Crippen molar-refractivity contribution < 1.29 is 9.53 Å². The average molecular weight is 445 g/mol. The van der Waals surface area contributed by atoms with E-state index in [0.29, 0.717) is 24.9 Å². The number of aromatic nitrogens is 3. The van der Waals surface area contributed by atoms with Gasteiger partial charge in [-0.1, -0.05) is 12.1 Å². The Bertz CT molecular complexity index is 1180. The molecule has 1 unspecified atom stereocenters. The van der Waals surface area contributed by atoms with Crippen LogP contribution in [0.1, 0.15) is 27.2 Å². The van der Waals surface area contributed by atoms with E-state index >= 15 is 0 Å². The zero-order valence-corrected chi connectivity index (χ0v) is 18.8. The van der Waals surface area contributed by atoms with Crippen molar-refractivity contribution in [1.29, 1.82) is 0 Å². The molecule has 3 aromatic rings. The quantitative estimate of drug-likeness (QED) is 0.557. The van der Waals surface area contributed by atoms with Crippen LogP contribution in [0, 0.1) is 0 Å². The number of fused-ring (bicyclic) bond motifs is 1. The van der Waals surface area contributed by atoms with Crippen molar-refractivity contribution in [3.05, 3.63) is 65.2 Å². The largest absolute Gasteiger partial charge is 0.382 e. The number of rotatable bonds is 6. The van der Waals surface area contributed by atoms with Gasteiger partial charge in [0.05, 0.1) is 25.1 Å². The molecule has 1 saturated heterocycles. The second-order valence-electron chi connectivity index (χ2n) is 8.57. The molecule has 0 radical (unpaired) electrons. The first-order valence-corrected chi connectivity index (χ1v) is 11.3. The van der Waals surface area contributed by atoms with E-state index < -0.39 is 0 Å². The molecule has 1 fully saturated rings. The molecule has 1 aliphatic heterocycles. The van der Waals surface area contributed by atoms with E-state index in [9.17, 15) is 4.79 Å². The molecular weight excluding hydrogens is 416 g/mol. The van der Waals surface area contributed by atoms with Gasteiger partial charge in [-0.15, -0.1) is 0 Å². The van der Waals surface area contributed by atoms with Crippen LogP contribution >= 0.6 is 0 Å². The number of nitrogens with zero attached hydrogens (tertiary/aromatic N) is 4. The summed E-state index contributed by atoms with van der Waals surface area (Å²) in [5.74, 6) is -0.0160. The zero-order chi connectivity index (χ0) is 22.8. The summed E-state index contributed by atoms with van der Waals surface area (Å²) in [6, 6.07) is 8.75. The maximum Gasteiger partial charge on any atom is 0.189 e. The highest BCUT2D eigenvalue weighted by atomic mass is 16.5. The number of carbonyl (C=O) groups excluding carboxylic acids is 1. The standard InChI is InChI=1S/C25H28N6O2/c1-27-20-11-16-2-3-17(10-18(16)12-20)21-15-29-25(26)24(30-21)23(32)13-19-14-28-5-4-22(19)31-6-8-33-9-7-31/h2-5,10,14-15,20,27H,6-9,11-13H2,1H3,(H2,26,29). The highest BCUT2D eigenvalue weighted by Crippen LogP contribution is 2.28. The maximum atomic E-state index is 13.3. The Morgan fingerprint density at radius 2 is 2.00 bits per heavy atom. The number of anilines is 2. The van der Waals surface area contributed by atoms with E-state index in [2.05, 4.69) is 37.3 Å². The van der Waals surface area contributed by atoms with Crippen LogP contribution in [0.15, 0.2) is 42.9 Å². The Kier molecular flexibility index (Phi) is 6.02. The van der Waals surface area contributed by atoms with Gasteiger partial charge in [0.15, 0.2) is 11.6 Å². The molecule has 1 atom stereocenters. The van der Waals surface area contributed by atoms with Crippen LogP contribution < -0.4 is 16.0 Å². The molecule has 2 aliphatic rings. The first-order valence-electron chi connectivity index (χ1n) is 11.3. The minimum atomic E-state index is -0.166. The maximum absolute atomic E-state index is 13.3. The molecule has 33 heavy (non-hydrogen) atoms. The number of ketones is 1. The van der Waals surface area contributed by atoms with Crippen molar-refractivity contribution in [2.45, 2.75) is 25.3 Å². The number of nitrogens with one attached hydrogen (secondary N) is 1. The van der Waals surface area contributed by atoms with Gasteiger partial charge in [-0.3, -0.25) is 9.78 Å². The fourth-order valence-corrected chi connectivity index (χ4v) is 4.65. The zero-order valence-electron chi connectivity index (χ0n) is 18.8. The number of pyridine rings is 1. The topological polar surface area (TPSA) is 106 Å². The number of Topliss-reactive ketones (excluding diaryl/α,β-unsaturated/α-hetero) is 1. The first-order chi connectivity index (χ1) is 16.1. The lowest BCUT2D eigenvalue weighted by Gasteiger charge is -2.30. The number of likely N-dealkylation sites (N-methyl/N-ethyl adjacent to an activating group) is 1. The predicted octanol–water partition coefficient (Wildman–Crippen LogP) is 2.07. The van der Waals surface area contributed by atoms with Crippen LogP contribution in [0.25, 0.3) is 11.3 Å². The summed E-state index contributed by atoms with van der Waals surface area (Å²) in [5.41, 5.74) is 12.4. The van der Waals surface area contributed by atoms with Crippen molar-refractivity contribution in [3.63, 3.8) is 0 Å². The summed E-state index contributed by atoms with van der Waals surface area (Å²) in [4.78, 5) is 28.7. The molecule has 0 saturated carbocycles. The van der Waals surface area contributed by atoms with Gasteiger partial charge in [0.2, 0.25) is 0 Å². The normalized spacial score (nSPS) is 17.7. The smallest absolute Gasteiger partial charge is 0.189 e. The molecule has 3 N–H and O–H groups in total. The molecule has 0 amide bonds. The fourth-order valence-electron chi connectivity index (χ4n) is 4.65. The Balaban J connectivity index is 1.40.